The fraction of sp³-hybridized carbons (Fsp3) is 0.143. The van der Waals surface area contributed by atoms with Crippen LogP contribution in [0.3, 0.4) is 0 Å². The molecular formula is C7H17F5LiO18P5S. The molecule has 0 aliphatic carbocycles. The van der Waals surface area contributed by atoms with E-state index in [0.717, 1.165) is 5.56 Å². The molecule has 30 heteroatoms. The predicted molar refractivity (Wildman–Crippen MR) is 105 cm³/mol. The van der Waals surface area contributed by atoms with Gasteiger partial charge >= 0.3 is 58.4 Å². The van der Waals surface area contributed by atoms with E-state index in [-0.39, 0.29) is 23.8 Å². The summed E-state index contributed by atoms with van der Waals surface area (Å²) in [7, 11) is -30.0. The summed E-state index contributed by atoms with van der Waals surface area (Å²) in [6, 6.07) is 6.10. The molecular weight excluding hydrogens is 661 g/mol. The van der Waals surface area contributed by atoms with Gasteiger partial charge in [0.15, 0.2) is 0 Å². The summed E-state index contributed by atoms with van der Waals surface area (Å²) in [5, 5.41) is 0. The molecule has 0 saturated heterocycles. The maximum atomic E-state index is 10.5. The summed E-state index contributed by atoms with van der Waals surface area (Å²) in [6.07, 6.45) is 0. The maximum Gasteiger partial charge on any atom is 1.00 e. The van der Waals surface area contributed by atoms with Crippen LogP contribution in [0.1, 0.15) is 5.56 Å². The van der Waals surface area contributed by atoms with Gasteiger partial charge in [-0.15, -0.1) is 16.8 Å². The molecule has 0 fully saturated rings. The van der Waals surface area contributed by atoms with Crippen molar-refractivity contribution < 1.29 is 125 Å². The second-order valence-electron chi connectivity index (χ2n) is 4.63. The summed E-state index contributed by atoms with van der Waals surface area (Å²) < 4.78 is 125. The van der Waals surface area contributed by atoms with E-state index in [1.807, 2.05) is 0 Å². The van der Waals surface area contributed by atoms with Crippen molar-refractivity contribution in [3.63, 3.8) is 0 Å². The van der Waals surface area contributed by atoms with Gasteiger partial charge in [0.25, 0.3) is 10.1 Å². The van der Waals surface area contributed by atoms with Crippen molar-refractivity contribution in [2.24, 2.45) is 0 Å². The van der Waals surface area contributed by atoms with E-state index >= 15 is 0 Å². The van der Waals surface area contributed by atoms with Crippen LogP contribution in [0.4, 0.5) is 21.0 Å². The number of rotatable bonds is 1. The van der Waals surface area contributed by atoms with Gasteiger partial charge in [-0.2, -0.15) is 12.6 Å². The minimum Gasteiger partial charge on any atom is -0.753 e. The van der Waals surface area contributed by atoms with Gasteiger partial charge in [0.05, 0.1) is 4.90 Å². The Morgan fingerprint density at radius 2 is 0.865 bits per heavy atom. The number of hydrogen-bond acceptors (Lipinski definition) is 8. The fourth-order valence-electron chi connectivity index (χ4n) is 0.776. The van der Waals surface area contributed by atoms with Gasteiger partial charge in [0.2, 0.25) is 0 Å². The Bertz CT molecular complexity index is 932. The van der Waals surface area contributed by atoms with E-state index in [0.29, 0.717) is 0 Å². The van der Waals surface area contributed by atoms with Crippen molar-refractivity contribution in [1.29, 1.82) is 0 Å². The molecule has 1 aromatic rings. The summed E-state index contributed by atoms with van der Waals surface area (Å²) in [5.74, 6) is 0. The molecule has 0 spiro atoms. The van der Waals surface area contributed by atoms with Crippen molar-refractivity contribution in [3.05, 3.63) is 29.8 Å². The molecule has 0 heterocycles. The van der Waals surface area contributed by atoms with Crippen molar-refractivity contribution in [2.45, 2.75) is 11.8 Å². The van der Waals surface area contributed by atoms with E-state index in [1.54, 1.807) is 19.1 Å². The Balaban J connectivity index is -0.0000000812. The molecule has 10 N–H and O–H groups in total. The van der Waals surface area contributed by atoms with Gasteiger partial charge < -0.3 is 9.79 Å². The van der Waals surface area contributed by atoms with E-state index in [1.165, 1.54) is 12.1 Å². The monoisotopic (exact) mass is 678 g/mol. The molecule has 1 atom stereocenters. The van der Waals surface area contributed by atoms with Crippen LogP contribution in [0.25, 0.3) is 0 Å². The first-order valence-corrected chi connectivity index (χ1v) is 15.7. The largest absolute Gasteiger partial charge is 1.00 e. The van der Waals surface area contributed by atoms with Gasteiger partial charge in [0, 0.05) is 0 Å². The van der Waals surface area contributed by atoms with Gasteiger partial charge in [0.1, 0.15) is 0 Å². The molecule has 0 radical (unpaired) electrons. The van der Waals surface area contributed by atoms with E-state index in [4.69, 9.17) is 76.3 Å². The van der Waals surface area contributed by atoms with Crippen LogP contribution in [0.2, 0.25) is 0 Å². The summed E-state index contributed by atoms with van der Waals surface area (Å²) >= 11 is 0. The molecule has 0 aliphatic rings. The van der Waals surface area contributed by atoms with Crippen LogP contribution in [0.5, 0.6) is 0 Å². The molecule has 1 rings (SSSR count). The molecule has 0 saturated carbocycles. The standard InChI is InChI=1S/C7H8O3S.5FH2O3P.Li/c1-6-3-2-4-7(5-6)11(8,9)10;5*1-5(2,3)4;/h2-5H,1H3,(H,8,9,10);5*(H2,2,3,4);/q;;;;;;+1/p-1. The maximum absolute atomic E-state index is 10.5. The van der Waals surface area contributed by atoms with Crippen LogP contribution < -0.4 is 23.8 Å². The Labute approximate surface area is 215 Å². The van der Waals surface area contributed by atoms with Crippen molar-refractivity contribution in [1.82, 2.24) is 0 Å². The molecule has 0 amide bonds. The first-order chi connectivity index (χ1) is 15.0. The average molecular weight is 678 g/mol. The second-order valence-corrected chi connectivity index (χ2v) is 10.7. The SMILES string of the molecule is Cc1cccc(S(=O)(=O)O)c1.O=P(O)(O)F.O=P(O)(O)F.O=P(O)(O)F.O=P(O)(O)F.O=P([O-])(O)F.[Li+]. The van der Waals surface area contributed by atoms with Gasteiger partial charge in [-0.3, -0.25) is 48.3 Å². The third-order valence-corrected chi connectivity index (χ3v) is 2.14. The smallest absolute Gasteiger partial charge is 0.753 e. The normalized spacial score (nSPS) is 12.7. The Hall–Kier alpha value is 0.127. The summed E-state index contributed by atoms with van der Waals surface area (Å²) in [6.45, 7) is 1.76. The van der Waals surface area contributed by atoms with Crippen LogP contribution in [-0.2, 0) is 32.9 Å². The first kappa shape index (κ1) is 50.0. The van der Waals surface area contributed by atoms with E-state index in [9.17, 15) is 29.4 Å². The third-order valence-electron chi connectivity index (χ3n) is 1.29. The van der Waals surface area contributed by atoms with Gasteiger partial charge in [-0.1, -0.05) is 12.1 Å². The average Bonchev–Trinajstić information content (AvgIpc) is 2.36. The fourth-order valence-corrected chi connectivity index (χ4v) is 1.36. The molecule has 37 heavy (non-hydrogen) atoms. The Morgan fingerprint density at radius 1 is 0.676 bits per heavy atom. The van der Waals surface area contributed by atoms with Gasteiger partial charge in [-0.05, 0) is 24.6 Å². The van der Waals surface area contributed by atoms with Crippen LogP contribution >= 0.6 is 39.5 Å². The van der Waals surface area contributed by atoms with Crippen LogP contribution in [0.15, 0.2) is 29.2 Å². The summed E-state index contributed by atoms with van der Waals surface area (Å²) in [4.78, 5) is 71.1. The minimum atomic E-state index is -5.39. The molecule has 0 bridgehead atoms. The Morgan fingerprint density at radius 3 is 0.973 bits per heavy atom. The molecule has 220 valence electrons. The third kappa shape index (κ3) is 162. The zero-order valence-corrected chi connectivity index (χ0v) is 22.9. The van der Waals surface area contributed by atoms with Crippen molar-refractivity contribution in [3.8, 4) is 0 Å². The minimum absolute atomic E-state index is 0. The molecule has 0 aromatic heterocycles. The van der Waals surface area contributed by atoms with E-state index in [2.05, 4.69) is 0 Å². The predicted octanol–water partition coefficient (Wildman–Crippen LogP) is -2.14. The quantitative estimate of drug-likeness (QED) is 0.0655. The molecule has 18 nitrogen and oxygen atoms in total. The number of hydrogen-bond donors (Lipinski definition) is 10. The molecule has 1 aromatic carbocycles. The molecule has 1 unspecified atom stereocenters. The number of benzene rings is 1. The Kier molecular flexibility index (Phi) is 28.3. The van der Waals surface area contributed by atoms with Crippen LogP contribution in [-0.4, -0.2) is 57.0 Å². The van der Waals surface area contributed by atoms with E-state index < -0.39 is 49.7 Å². The zero-order chi connectivity index (χ0) is 31.0. The summed E-state index contributed by atoms with van der Waals surface area (Å²) in [5.41, 5.74) is 0.806. The number of halogens is 5. The number of aryl methyl sites for hydroxylation is 1. The second kappa shape index (κ2) is 21.0. The van der Waals surface area contributed by atoms with Crippen molar-refractivity contribution in [2.75, 3.05) is 0 Å². The topological polar surface area (TPSA) is 345 Å². The first-order valence-electron chi connectivity index (χ1n) is 6.78. The van der Waals surface area contributed by atoms with Crippen LogP contribution in [0, 0.1) is 6.92 Å². The zero-order valence-electron chi connectivity index (χ0n) is 17.6. The molecule has 0 aliphatic heterocycles. The van der Waals surface area contributed by atoms with Crippen molar-refractivity contribution >= 4 is 49.7 Å². The van der Waals surface area contributed by atoms with Gasteiger partial charge in [-0.25, -0.2) is 18.3 Å².